The summed E-state index contributed by atoms with van der Waals surface area (Å²) in [6.07, 6.45) is 1.50. The van der Waals surface area contributed by atoms with Crippen LogP contribution in [0, 0.1) is 0 Å². The van der Waals surface area contributed by atoms with Crippen molar-refractivity contribution >= 4 is 54.9 Å². The maximum absolute atomic E-state index is 13.7. The van der Waals surface area contributed by atoms with Gasteiger partial charge in [-0.15, -0.1) is 11.8 Å². The number of hydrogen-bond acceptors (Lipinski definition) is 6. The number of hydrogen-bond donors (Lipinski definition) is 0. The molecule has 0 saturated heterocycles. The fourth-order valence-corrected chi connectivity index (χ4v) is 5.17. The summed E-state index contributed by atoms with van der Waals surface area (Å²) in [5.74, 6) is 0. The van der Waals surface area contributed by atoms with Crippen molar-refractivity contribution in [1.82, 2.24) is 0 Å². The van der Waals surface area contributed by atoms with E-state index in [1.165, 1.54) is 6.26 Å². The summed E-state index contributed by atoms with van der Waals surface area (Å²) in [5, 5.41) is -14.6. The van der Waals surface area contributed by atoms with E-state index in [-0.39, 0.29) is 34.5 Å². The van der Waals surface area contributed by atoms with Gasteiger partial charge in [0, 0.05) is 4.90 Å². The normalized spacial score (nSPS) is 13.5. The van der Waals surface area contributed by atoms with Crippen molar-refractivity contribution in [3.63, 3.8) is 0 Å². The topological polar surface area (TPSA) is 91.3 Å². The van der Waals surface area contributed by atoms with Crippen LogP contribution in [0.15, 0.2) is 21.9 Å². The van der Waals surface area contributed by atoms with Gasteiger partial charge < -0.3 is 4.55 Å². The molecule has 0 aliphatic heterocycles. The molecule has 24 heavy (non-hydrogen) atoms. The Balaban J connectivity index is 0.00000529. The van der Waals surface area contributed by atoms with E-state index in [0.29, 0.717) is 0 Å². The molecule has 0 heterocycles. The van der Waals surface area contributed by atoms with Gasteiger partial charge >= 0.3 is 40.1 Å². The van der Waals surface area contributed by atoms with E-state index >= 15 is 0 Å². The predicted octanol–water partition coefficient (Wildman–Crippen LogP) is 0.224. The molecule has 15 heteroatoms. The van der Waals surface area contributed by atoms with Gasteiger partial charge in [-0.25, -0.2) is 16.8 Å². The molecule has 1 rings (SSSR count). The molecule has 0 radical (unpaired) electrons. The summed E-state index contributed by atoms with van der Waals surface area (Å²) in [6, 6.07) is 1.70. The zero-order valence-electron chi connectivity index (χ0n) is 11.7. The minimum atomic E-state index is -6.99. The second-order valence-electron chi connectivity index (χ2n) is 3.91. The Kier molecular flexibility index (Phi) is 8.00. The van der Waals surface area contributed by atoms with Crippen LogP contribution in [0.3, 0.4) is 0 Å². The van der Waals surface area contributed by atoms with Crippen LogP contribution in [0.1, 0.15) is 0 Å². The monoisotopic (exact) mass is 458 g/mol. The average Bonchev–Trinajstić information content (AvgIpc) is 2.35. The molecule has 0 fully saturated rings. The second kappa shape index (κ2) is 7.77. The van der Waals surface area contributed by atoms with Crippen LogP contribution >= 0.6 is 35.0 Å². The van der Waals surface area contributed by atoms with E-state index < -0.39 is 45.4 Å². The summed E-state index contributed by atoms with van der Waals surface area (Å²) >= 11 is 12.0. The van der Waals surface area contributed by atoms with Crippen molar-refractivity contribution in [2.24, 2.45) is 0 Å². The molecule has 0 amide bonds. The van der Waals surface area contributed by atoms with Crippen LogP contribution in [-0.2, 0) is 20.0 Å². The number of thioether (sulfide) groups is 1. The second-order valence-corrected chi connectivity index (χ2v) is 8.95. The minimum absolute atomic E-state index is 0. The molecule has 0 aliphatic carbocycles. The standard InChI is InChI=1S/C9H6Cl2F4O5S3.Na/c1-21-4-2-5(10)7(6(11)3-4)22(16,17)8(12,13)9(14,15)23(18,19)20;/h2-3H,1H3,(H,18,19,20);/q;+1/p-1. The third kappa shape index (κ3) is 4.01. The first kappa shape index (κ1) is 24.7. The smallest absolute Gasteiger partial charge is 0.743 e. The van der Waals surface area contributed by atoms with Gasteiger partial charge in [-0.05, 0) is 18.4 Å². The van der Waals surface area contributed by atoms with Crippen LogP contribution in [0.25, 0.3) is 0 Å². The fourth-order valence-electron chi connectivity index (χ4n) is 1.34. The van der Waals surface area contributed by atoms with Crippen LogP contribution in [0.4, 0.5) is 17.6 Å². The minimum Gasteiger partial charge on any atom is -0.743 e. The van der Waals surface area contributed by atoms with Gasteiger partial charge in [0.15, 0.2) is 10.1 Å². The maximum Gasteiger partial charge on any atom is 1.00 e. The third-order valence-electron chi connectivity index (χ3n) is 2.47. The number of benzene rings is 1. The van der Waals surface area contributed by atoms with Gasteiger partial charge in [-0.1, -0.05) is 23.2 Å². The van der Waals surface area contributed by atoms with Crippen LogP contribution in [0.5, 0.6) is 0 Å². The van der Waals surface area contributed by atoms with E-state index in [2.05, 4.69) is 0 Å². The quantitative estimate of drug-likeness (QED) is 0.271. The zero-order valence-corrected chi connectivity index (χ0v) is 17.6. The summed E-state index contributed by atoms with van der Waals surface area (Å²) in [6.45, 7) is 0. The Morgan fingerprint density at radius 3 is 1.67 bits per heavy atom. The van der Waals surface area contributed by atoms with E-state index in [1.807, 2.05) is 0 Å². The van der Waals surface area contributed by atoms with Crippen molar-refractivity contribution in [1.29, 1.82) is 0 Å². The van der Waals surface area contributed by atoms with Gasteiger partial charge in [-0.3, -0.25) is 0 Å². The first-order chi connectivity index (χ1) is 10.1. The summed E-state index contributed by atoms with van der Waals surface area (Å²) in [5.41, 5.74) is 0. The summed E-state index contributed by atoms with van der Waals surface area (Å²) in [7, 11) is -13.4. The number of sulfone groups is 1. The SMILES string of the molecule is CSc1cc(Cl)c(S(=O)(=O)C(F)(F)C(F)(F)S(=O)(=O)[O-])c(Cl)c1.[Na+]. The molecule has 5 nitrogen and oxygen atoms in total. The van der Waals surface area contributed by atoms with Crippen molar-refractivity contribution in [2.75, 3.05) is 6.26 Å². The van der Waals surface area contributed by atoms with Crippen molar-refractivity contribution in [3.8, 4) is 0 Å². The number of alkyl halides is 4. The first-order valence-electron chi connectivity index (χ1n) is 5.10. The van der Waals surface area contributed by atoms with Gasteiger partial charge in [0.1, 0.15) is 4.90 Å². The molecule has 0 bridgehead atoms. The molecular formula is C9H5Cl2F4NaO5S3. The number of rotatable bonds is 5. The van der Waals surface area contributed by atoms with E-state index in [0.717, 1.165) is 23.9 Å². The molecule has 0 N–H and O–H groups in total. The van der Waals surface area contributed by atoms with Crippen molar-refractivity contribution < 1.29 is 68.5 Å². The molecule has 0 atom stereocenters. The molecule has 0 spiro atoms. The zero-order chi connectivity index (χ0) is 18.4. The molecule has 132 valence electrons. The Hall–Kier alpha value is 0.730. The maximum atomic E-state index is 13.7. The van der Waals surface area contributed by atoms with Gasteiger partial charge in [0.25, 0.3) is 9.84 Å². The molecular weight excluding hydrogens is 454 g/mol. The van der Waals surface area contributed by atoms with E-state index in [4.69, 9.17) is 23.2 Å². The van der Waals surface area contributed by atoms with Crippen molar-refractivity contribution in [3.05, 3.63) is 22.2 Å². The largest absolute Gasteiger partial charge is 1.00 e. The predicted molar refractivity (Wildman–Crippen MR) is 75.0 cm³/mol. The molecule has 1 aromatic rings. The Labute approximate surface area is 171 Å². The van der Waals surface area contributed by atoms with Gasteiger partial charge in [-0.2, -0.15) is 17.6 Å². The molecule has 0 aromatic heterocycles. The van der Waals surface area contributed by atoms with E-state index in [1.54, 1.807) is 0 Å². The Bertz CT molecular complexity index is 822. The van der Waals surface area contributed by atoms with Crippen LogP contribution in [-0.4, -0.2) is 38.2 Å². The Morgan fingerprint density at radius 1 is 1.00 bits per heavy atom. The molecule has 0 saturated carbocycles. The summed E-state index contributed by atoms with van der Waals surface area (Å²) < 4.78 is 108. The molecule has 0 unspecified atom stereocenters. The third-order valence-corrected chi connectivity index (χ3v) is 6.92. The average molecular weight is 459 g/mol. The van der Waals surface area contributed by atoms with Crippen molar-refractivity contribution in [2.45, 2.75) is 20.3 Å². The van der Waals surface area contributed by atoms with E-state index in [9.17, 15) is 39.0 Å². The first-order valence-corrected chi connectivity index (χ1v) is 9.97. The summed E-state index contributed by atoms with van der Waals surface area (Å²) in [4.78, 5) is -1.38. The molecule has 1 aromatic carbocycles. The van der Waals surface area contributed by atoms with Crippen LogP contribution in [0.2, 0.25) is 10.0 Å². The van der Waals surface area contributed by atoms with Gasteiger partial charge in [0.05, 0.1) is 10.0 Å². The molecule has 0 aliphatic rings. The Morgan fingerprint density at radius 2 is 1.38 bits per heavy atom. The number of halogens is 6. The van der Waals surface area contributed by atoms with Gasteiger partial charge in [0.2, 0.25) is 0 Å². The van der Waals surface area contributed by atoms with Crippen LogP contribution < -0.4 is 29.6 Å². The fraction of sp³-hybridized carbons (Fsp3) is 0.333.